The summed E-state index contributed by atoms with van der Waals surface area (Å²) in [5, 5.41) is 1.98. The van der Waals surface area contributed by atoms with E-state index in [1.807, 2.05) is 18.4 Å². The van der Waals surface area contributed by atoms with Crippen LogP contribution in [0.4, 0.5) is 0 Å². The fourth-order valence-electron chi connectivity index (χ4n) is 1.54. The van der Waals surface area contributed by atoms with Crippen LogP contribution in [0, 0.1) is 0 Å². The first-order chi connectivity index (χ1) is 6.67. The molecule has 2 nitrogen and oxygen atoms in total. The molecule has 0 aromatic carbocycles. The predicted octanol–water partition coefficient (Wildman–Crippen LogP) is 2.83. The molecule has 4 heteroatoms. The average molecular weight is 228 g/mol. The fraction of sp³-hybridized carbons (Fsp3) is 0.500. The van der Waals surface area contributed by atoms with Crippen LogP contribution in [0.5, 0.6) is 0 Å². The third-order valence-electron chi connectivity index (χ3n) is 2.46. The van der Waals surface area contributed by atoms with E-state index in [1.165, 1.54) is 0 Å². The van der Waals surface area contributed by atoms with Crippen LogP contribution in [0.15, 0.2) is 15.7 Å². The largest absolute Gasteiger partial charge is 0.385 e. The molecule has 1 atom stereocenters. The minimum atomic E-state index is -0.293. The topological polar surface area (TPSA) is 26.3 Å². The molecule has 1 unspecified atom stereocenters. The Labute approximate surface area is 91.7 Å². The number of rotatable bonds is 3. The summed E-state index contributed by atoms with van der Waals surface area (Å²) < 4.78 is 5.90. The molecule has 0 saturated carbocycles. The van der Waals surface area contributed by atoms with Crippen LogP contribution in [0.25, 0.3) is 0 Å². The summed E-state index contributed by atoms with van der Waals surface area (Å²) in [4.78, 5) is 12.0. The maximum Gasteiger partial charge on any atom is 0.181 e. The van der Waals surface area contributed by atoms with Crippen LogP contribution in [-0.2, 0) is 4.74 Å². The fourth-order valence-corrected chi connectivity index (χ4v) is 4.13. The monoisotopic (exact) mass is 228 g/mol. The normalized spacial score (nSPS) is 25.4. The zero-order valence-corrected chi connectivity index (χ0v) is 9.83. The number of ketones is 1. The molecular weight excluding hydrogens is 216 g/mol. The van der Waals surface area contributed by atoms with Crippen molar-refractivity contribution in [3.63, 3.8) is 0 Å². The van der Waals surface area contributed by atoms with Crippen molar-refractivity contribution < 1.29 is 9.53 Å². The van der Waals surface area contributed by atoms with Gasteiger partial charge in [-0.3, -0.25) is 4.79 Å². The van der Waals surface area contributed by atoms with Gasteiger partial charge in [-0.2, -0.15) is 0 Å². The minimum absolute atomic E-state index is 0.260. The van der Waals surface area contributed by atoms with Crippen molar-refractivity contribution in [2.45, 2.75) is 22.3 Å². The highest BCUT2D eigenvalue weighted by Gasteiger charge is 2.42. The van der Waals surface area contributed by atoms with Crippen molar-refractivity contribution in [2.75, 3.05) is 13.7 Å². The van der Waals surface area contributed by atoms with Crippen LogP contribution in [-0.4, -0.2) is 24.2 Å². The molecule has 1 aliphatic rings. The van der Waals surface area contributed by atoms with Crippen LogP contribution >= 0.6 is 23.1 Å². The smallest absolute Gasteiger partial charge is 0.181 e. The Balaban J connectivity index is 2.19. The van der Waals surface area contributed by atoms with Crippen molar-refractivity contribution in [1.82, 2.24) is 0 Å². The Morgan fingerprint density at radius 3 is 3.00 bits per heavy atom. The second-order valence-corrected chi connectivity index (χ2v) is 6.21. The van der Waals surface area contributed by atoms with E-state index in [1.54, 1.807) is 30.2 Å². The maximum atomic E-state index is 12.0. The van der Waals surface area contributed by atoms with E-state index in [0.29, 0.717) is 6.61 Å². The van der Waals surface area contributed by atoms with E-state index < -0.39 is 0 Å². The highest BCUT2D eigenvalue weighted by atomic mass is 32.2. The lowest BCUT2D eigenvalue weighted by Crippen LogP contribution is -2.28. The van der Waals surface area contributed by atoms with Crippen molar-refractivity contribution >= 4 is 28.9 Å². The van der Waals surface area contributed by atoms with Gasteiger partial charge in [-0.1, -0.05) is 11.8 Å². The van der Waals surface area contributed by atoms with Crippen LogP contribution in [0.2, 0.25) is 0 Å². The van der Waals surface area contributed by atoms with Gasteiger partial charge in [-0.05, 0) is 24.8 Å². The Kier molecular flexibility index (Phi) is 2.68. The van der Waals surface area contributed by atoms with Crippen molar-refractivity contribution in [3.05, 3.63) is 17.0 Å². The molecule has 0 spiro atoms. The highest BCUT2D eigenvalue weighted by Crippen LogP contribution is 2.49. The first-order valence-electron chi connectivity index (χ1n) is 4.47. The van der Waals surface area contributed by atoms with Crippen molar-refractivity contribution in [3.8, 4) is 0 Å². The highest BCUT2D eigenvalue weighted by molar-refractivity contribution is 8.03. The molecule has 1 aromatic rings. The molecule has 2 rings (SSSR count). The SMILES string of the molecule is COCCC1(C)Sc2sccc2C1=O. The van der Waals surface area contributed by atoms with E-state index in [-0.39, 0.29) is 10.5 Å². The molecule has 0 saturated heterocycles. The van der Waals surface area contributed by atoms with Crippen molar-refractivity contribution in [1.29, 1.82) is 0 Å². The Morgan fingerprint density at radius 1 is 1.57 bits per heavy atom. The molecule has 14 heavy (non-hydrogen) atoms. The van der Waals surface area contributed by atoms with Crippen LogP contribution in [0.1, 0.15) is 23.7 Å². The summed E-state index contributed by atoms with van der Waals surface area (Å²) in [5.74, 6) is 0.260. The number of hydrogen-bond acceptors (Lipinski definition) is 4. The third-order valence-corrected chi connectivity index (χ3v) is 4.95. The number of Topliss-reactive ketones (excluding diaryl/α,β-unsaturated/α-hetero) is 1. The molecule has 0 bridgehead atoms. The summed E-state index contributed by atoms with van der Waals surface area (Å²) in [6.45, 7) is 2.65. The van der Waals surface area contributed by atoms with E-state index in [2.05, 4.69) is 0 Å². The van der Waals surface area contributed by atoms with Crippen molar-refractivity contribution in [2.24, 2.45) is 0 Å². The summed E-state index contributed by atoms with van der Waals surface area (Å²) in [6.07, 6.45) is 0.786. The molecule has 2 heterocycles. The molecule has 0 radical (unpaired) electrons. The number of hydrogen-bond donors (Lipinski definition) is 0. The van der Waals surface area contributed by atoms with E-state index >= 15 is 0 Å². The molecule has 1 aliphatic heterocycles. The summed E-state index contributed by atoms with van der Waals surface area (Å²) in [6, 6.07) is 1.92. The first kappa shape index (κ1) is 10.2. The molecular formula is C10H12O2S2. The predicted molar refractivity (Wildman–Crippen MR) is 59.4 cm³/mol. The molecule has 0 amide bonds. The van der Waals surface area contributed by atoms with Gasteiger partial charge >= 0.3 is 0 Å². The van der Waals surface area contributed by atoms with Crippen LogP contribution in [0.3, 0.4) is 0 Å². The second kappa shape index (κ2) is 3.68. The zero-order valence-electron chi connectivity index (χ0n) is 8.20. The quantitative estimate of drug-likeness (QED) is 0.795. The maximum absolute atomic E-state index is 12.0. The summed E-state index contributed by atoms with van der Waals surface area (Å²) in [7, 11) is 1.67. The minimum Gasteiger partial charge on any atom is -0.385 e. The van der Waals surface area contributed by atoms with Gasteiger partial charge in [0, 0.05) is 19.3 Å². The Hall–Kier alpha value is -0.320. The van der Waals surface area contributed by atoms with E-state index in [9.17, 15) is 4.79 Å². The molecule has 1 aromatic heterocycles. The number of ether oxygens (including phenoxy) is 1. The van der Waals surface area contributed by atoms with Gasteiger partial charge in [0.2, 0.25) is 0 Å². The summed E-state index contributed by atoms with van der Waals surface area (Å²) >= 11 is 3.34. The Bertz CT molecular complexity index is 359. The second-order valence-electron chi connectivity index (χ2n) is 3.53. The van der Waals surface area contributed by atoms with Gasteiger partial charge in [0.15, 0.2) is 5.78 Å². The lowest BCUT2D eigenvalue weighted by Gasteiger charge is -2.19. The number of thiophene rings is 1. The van der Waals surface area contributed by atoms with E-state index in [4.69, 9.17) is 4.74 Å². The van der Waals surface area contributed by atoms with Gasteiger partial charge in [-0.15, -0.1) is 11.3 Å². The lowest BCUT2D eigenvalue weighted by atomic mass is 9.98. The van der Waals surface area contributed by atoms with Crippen LogP contribution < -0.4 is 0 Å². The zero-order chi connectivity index (χ0) is 10.2. The molecule has 0 aliphatic carbocycles. The molecule has 0 fully saturated rings. The average Bonchev–Trinajstić information content (AvgIpc) is 2.68. The molecule has 76 valence electrons. The van der Waals surface area contributed by atoms with Gasteiger partial charge in [0.05, 0.1) is 8.96 Å². The van der Waals surface area contributed by atoms with Gasteiger partial charge < -0.3 is 4.74 Å². The Morgan fingerprint density at radius 2 is 2.36 bits per heavy atom. The number of fused-ring (bicyclic) bond motifs is 1. The third kappa shape index (κ3) is 1.51. The number of methoxy groups -OCH3 is 1. The number of carbonyl (C=O) groups excluding carboxylic acids is 1. The number of carbonyl (C=O) groups is 1. The van der Waals surface area contributed by atoms with Gasteiger partial charge in [-0.25, -0.2) is 0 Å². The van der Waals surface area contributed by atoms with E-state index in [0.717, 1.165) is 16.2 Å². The standard InChI is InChI=1S/C10H12O2S2/c1-10(4-5-12-2)8(11)7-3-6-13-9(7)14-10/h3,6H,4-5H2,1-2H3. The molecule has 0 N–H and O–H groups in total. The lowest BCUT2D eigenvalue weighted by molar-refractivity contribution is 0.0926. The first-order valence-corrected chi connectivity index (χ1v) is 6.17. The number of thioether (sulfide) groups is 1. The summed E-state index contributed by atoms with van der Waals surface area (Å²) in [5.41, 5.74) is 0.901. The van der Waals surface area contributed by atoms with Gasteiger partial charge in [0.1, 0.15) is 0 Å². The van der Waals surface area contributed by atoms with Gasteiger partial charge in [0.25, 0.3) is 0 Å².